The Bertz CT molecular complexity index is 1230. The molecule has 0 aromatic carbocycles. The molecule has 0 amide bonds. The van der Waals surface area contributed by atoms with Crippen LogP contribution in [0.1, 0.15) is 66.1 Å². The van der Waals surface area contributed by atoms with Crippen LogP contribution in [-0.2, 0) is 33.4 Å². The SMILES string of the molecule is CC(=O)O[C@@H]1C[C@H]2C(C)(C)C(=O)C=C[C@]2(C)[C@H]2C(=O)C[C@@]3(C)[C@H](c4ccoc4)OC(=O)[C@H]4O[C@]43[C@@]21C. The summed E-state index contributed by atoms with van der Waals surface area (Å²) in [6.07, 6.45) is 4.63. The Morgan fingerprint density at radius 1 is 1.08 bits per heavy atom. The molecular formula is C28H32O8. The van der Waals surface area contributed by atoms with Gasteiger partial charge in [0.2, 0.25) is 0 Å². The van der Waals surface area contributed by atoms with Crippen molar-refractivity contribution in [2.24, 2.45) is 33.5 Å². The molecule has 2 saturated carbocycles. The second-order valence-corrected chi connectivity index (χ2v) is 12.6. The quantitative estimate of drug-likeness (QED) is 0.450. The van der Waals surface area contributed by atoms with E-state index in [4.69, 9.17) is 18.6 Å². The molecule has 3 aliphatic carbocycles. The van der Waals surface area contributed by atoms with Crippen molar-refractivity contribution in [1.82, 2.24) is 0 Å². The van der Waals surface area contributed by atoms with Crippen LogP contribution in [0.4, 0.5) is 0 Å². The molecule has 192 valence electrons. The highest BCUT2D eigenvalue weighted by Gasteiger charge is 2.90. The lowest BCUT2D eigenvalue weighted by molar-refractivity contribution is -0.243. The van der Waals surface area contributed by atoms with Gasteiger partial charge in [-0.25, -0.2) is 4.79 Å². The number of hydrogen-bond donors (Lipinski definition) is 0. The van der Waals surface area contributed by atoms with Gasteiger partial charge in [-0.2, -0.15) is 0 Å². The summed E-state index contributed by atoms with van der Waals surface area (Å²) in [4.78, 5) is 53.0. The minimum Gasteiger partial charge on any atom is -0.472 e. The van der Waals surface area contributed by atoms with E-state index < -0.39 is 63.4 Å². The number of rotatable bonds is 2. The number of ether oxygens (including phenoxy) is 3. The highest BCUT2D eigenvalue weighted by molar-refractivity contribution is 5.97. The standard InChI is InChI=1S/C28H32O8/c1-14(29)34-19-11-17-24(2,3)18(31)7-9-25(17,4)20-16(30)12-26(5)21(15-8-10-33-13-15)35-23(32)22-28(26,36-22)27(19,20)6/h7-10,13,17,19-22H,11-12H2,1-6H3/t17-,19+,20+,21-,22+,25-,26-,27+,28+/m0/s1. The third-order valence-corrected chi connectivity index (χ3v) is 10.5. The molecule has 0 bridgehead atoms. The summed E-state index contributed by atoms with van der Waals surface area (Å²) in [6.45, 7) is 11.0. The summed E-state index contributed by atoms with van der Waals surface area (Å²) in [5.41, 5.74) is -3.84. The van der Waals surface area contributed by atoms with Gasteiger partial charge >= 0.3 is 11.9 Å². The fourth-order valence-corrected chi connectivity index (χ4v) is 9.05. The van der Waals surface area contributed by atoms with Crippen molar-refractivity contribution in [3.63, 3.8) is 0 Å². The van der Waals surface area contributed by atoms with Crippen LogP contribution < -0.4 is 0 Å². The molecule has 6 rings (SSSR count). The Morgan fingerprint density at radius 2 is 1.81 bits per heavy atom. The van der Waals surface area contributed by atoms with Gasteiger partial charge in [-0.1, -0.05) is 40.7 Å². The molecule has 4 fully saturated rings. The maximum Gasteiger partial charge on any atom is 0.339 e. The van der Waals surface area contributed by atoms with Gasteiger partial charge in [0.15, 0.2) is 11.9 Å². The number of allylic oxidation sites excluding steroid dienone is 2. The zero-order valence-corrected chi connectivity index (χ0v) is 21.5. The van der Waals surface area contributed by atoms with E-state index in [1.165, 1.54) is 19.5 Å². The van der Waals surface area contributed by atoms with Crippen molar-refractivity contribution >= 4 is 23.5 Å². The van der Waals surface area contributed by atoms with Crippen molar-refractivity contribution in [2.45, 2.75) is 78.3 Å². The number of esters is 2. The summed E-state index contributed by atoms with van der Waals surface area (Å²) in [6, 6.07) is 1.73. The first-order valence-corrected chi connectivity index (χ1v) is 12.6. The molecule has 0 unspecified atom stereocenters. The highest BCUT2D eigenvalue weighted by atomic mass is 16.7. The lowest BCUT2D eigenvalue weighted by Gasteiger charge is -2.67. The van der Waals surface area contributed by atoms with Crippen molar-refractivity contribution in [3.05, 3.63) is 36.3 Å². The molecule has 0 N–H and O–H groups in total. The predicted molar refractivity (Wildman–Crippen MR) is 124 cm³/mol. The summed E-state index contributed by atoms with van der Waals surface area (Å²) in [7, 11) is 0. The van der Waals surface area contributed by atoms with Crippen molar-refractivity contribution in [3.8, 4) is 0 Å². The molecule has 8 heteroatoms. The summed E-state index contributed by atoms with van der Waals surface area (Å²) < 4.78 is 23.6. The Labute approximate surface area is 209 Å². The lowest BCUT2D eigenvalue weighted by atomic mass is 9.35. The maximum atomic E-state index is 14.4. The smallest absolute Gasteiger partial charge is 0.339 e. The number of hydrogen-bond acceptors (Lipinski definition) is 8. The minimum atomic E-state index is -1.09. The van der Waals surface area contributed by atoms with Crippen molar-refractivity contribution < 1.29 is 37.8 Å². The number of epoxide rings is 1. The van der Waals surface area contributed by atoms with Gasteiger partial charge < -0.3 is 18.6 Å². The Hall–Kier alpha value is -2.74. The number of furan rings is 1. The number of fused-ring (bicyclic) bond motifs is 3. The first-order chi connectivity index (χ1) is 16.7. The van der Waals surface area contributed by atoms with E-state index >= 15 is 0 Å². The second kappa shape index (κ2) is 6.77. The molecule has 1 aromatic rings. The molecule has 0 radical (unpaired) electrons. The van der Waals surface area contributed by atoms with Gasteiger partial charge in [-0.05, 0) is 24.5 Å². The maximum absolute atomic E-state index is 14.4. The fraction of sp³-hybridized carbons (Fsp3) is 0.643. The first kappa shape index (κ1) is 23.6. The number of Topliss-reactive ketones (excluding diaryl/α,β-unsaturated/α-hetero) is 1. The van der Waals surface area contributed by atoms with Crippen LogP contribution in [0.2, 0.25) is 0 Å². The van der Waals surface area contributed by atoms with E-state index in [1.54, 1.807) is 12.1 Å². The van der Waals surface area contributed by atoms with E-state index in [0.29, 0.717) is 12.0 Å². The van der Waals surface area contributed by atoms with Gasteiger partial charge in [0.25, 0.3) is 0 Å². The molecule has 1 aromatic heterocycles. The molecule has 1 spiro atoms. The van der Waals surface area contributed by atoms with Gasteiger partial charge in [-0.3, -0.25) is 14.4 Å². The van der Waals surface area contributed by atoms with Crippen molar-refractivity contribution in [2.75, 3.05) is 0 Å². The largest absolute Gasteiger partial charge is 0.472 e. The predicted octanol–water partition coefficient (Wildman–Crippen LogP) is 3.74. The van der Waals surface area contributed by atoms with E-state index in [0.717, 1.165) is 0 Å². The average molecular weight is 497 g/mol. The number of cyclic esters (lactones) is 1. The van der Waals surface area contributed by atoms with Crippen molar-refractivity contribution in [1.29, 1.82) is 0 Å². The number of ketones is 2. The fourth-order valence-electron chi connectivity index (χ4n) is 9.05. The van der Waals surface area contributed by atoms with Crippen LogP contribution in [0.3, 0.4) is 0 Å². The first-order valence-electron chi connectivity index (χ1n) is 12.6. The third-order valence-electron chi connectivity index (χ3n) is 10.5. The van der Waals surface area contributed by atoms with Gasteiger partial charge in [0.1, 0.15) is 23.6 Å². The van der Waals surface area contributed by atoms with E-state index in [2.05, 4.69) is 0 Å². The molecule has 2 saturated heterocycles. The van der Waals surface area contributed by atoms with Gasteiger partial charge in [0, 0.05) is 46.5 Å². The monoisotopic (exact) mass is 496 g/mol. The van der Waals surface area contributed by atoms with Gasteiger partial charge in [0.05, 0.1) is 12.5 Å². The average Bonchev–Trinajstić information content (AvgIpc) is 3.36. The molecule has 8 nitrogen and oxygen atoms in total. The molecule has 3 heterocycles. The lowest BCUT2D eigenvalue weighted by Crippen LogP contribution is -2.75. The van der Waals surface area contributed by atoms with Crippen LogP contribution in [0.25, 0.3) is 0 Å². The summed E-state index contributed by atoms with van der Waals surface area (Å²) in [5, 5.41) is 0. The summed E-state index contributed by atoms with van der Waals surface area (Å²) >= 11 is 0. The van der Waals surface area contributed by atoms with Crippen LogP contribution in [0.5, 0.6) is 0 Å². The zero-order chi connectivity index (χ0) is 26.1. The normalized spacial score (nSPS) is 48.2. The molecule has 36 heavy (non-hydrogen) atoms. The number of carbonyl (C=O) groups excluding carboxylic acids is 4. The zero-order valence-electron chi connectivity index (χ0n) is 21.5. The number of carbonyl (C=O) groups is 4. The topological polar surface area (TPSA) is 112 Å². The molecule has 9 atom stereocenters. The van der Waals surface area contributed by atoms with Crippen LogP contribution >= 0.6 is 0 Å². The Morgan fingerprint density at radius 3 is 2.44 bits per heavy atom. The molecular weight excluding hydrogens is 464 g/mol. The minimum absolute atomic E-state index is 0.00882. The Kier molecular flexibility index (Phi) is 4.44. The molecule has 5 aliphatic rings. The van der Waals surface area contributed by atoms with Crippen LogP contribution in [0.15, 0.2) is 35.2 Å². The van der Waals surface area contributed by atoms with Gasteiger partial charge in [-0.15, -0.1) is 0 Å². The Balaban J connectivity index is 1.59. The highest BCUT2D eigenvalue weighted by Crippen LogP contribution is 2.79. The second-order valence-electron chi connectivity index (χ2n) is 12.6. The van der Waals surface area contributed by atoms with Crippen LogP contribution in [0, 0.1) is 33.5 Å². The third kappa shape index (κ3) is 2.44. The van der Waals surface area contributed by atoms with Crippen LogP contribution in [-0.4, -0.2) is 41.3 Å². The molecule has 2 aliphatic heterocycles. The van der Waals surface area contributed by atoms with E-state index in [1.807, 2.05) is 40.7 Å². The summed E-state index contributed by atoms with van der Waals surface area (Å²) in [5.74, 6) is -1.86. The van der Waals surface area contributed by atoms with E-state index in [-0.39, 0.29) is 23.9 Å². The van der Waals surface area contributed by atoms with E-state index in [9.17, 15) is 19.2 Å².